The Bertz CT molecular complexity index is 461. The van der Waals surface area contributed by atoms with Gasteiger partial charge in [0.05, 0.1) is 11.2 Å². The van der Waals surface area contributed by atoms with Gasteiger partial charge in [-0.15, -0.1) is 0 Å². The van der Waals surface area contributed by atoms with Gasteiger partial charge in [0.25, 0.3) is 5.91 Å². The van der Waals surface area contributed by atoms with Crippen LogP contribution in [0.3, 0.4) is 0 Å². The zero-order valence-corrected chi connectivity index (χ0v) is 10.7. The number of carbonyl (C=O) groups is 1. The van der Waals surface area contributed by atoms with E-state index in [0.29, 0.717) is 25.9 Å². The van der Waals surface area contributed by atoms with Gasteiger partial charge in [0.15, 0.2) is 0 Å². The molecule has 1 aliphatic rings. The molecular weight excluding hydrogens is 233 g/mol. The molecule has 1 amide bonds. The van der Waals surface area contributed by atoms with Crippen LogP contribution in [0.5, 0.6) is 0 Å². The number of carbonyl (C=O) groups excluding carboxylic acids is 1. The molecule has 2 rings (SSSR count). The number of hydrogen-bond acceptors (Lipinski definition) is 2. The summed E-state index contributed by atoms with van der Waals surface area (Å²) in [5.41, 5.74) is 0.204. The Hall–Kier alpha value is -1.42. The number of likely N-dealkylation sites (tertiary alicyclic amines) is 1. The summed E-state index contributed by atoms with van der Waals surface area (Å²) in [5, 5.41) is 9.82. The van der Waals surface area contributed by atoms with Gasteiger partial charge < -0.3 is 10.0 Å². The van der Waals surface area contributed by atoms with Gasteiger partial charge in [0.1, 0.15) is 5.82 Å². The van der Waals surface area contributed by atoms with E-state index >= 15 is 0 Å². The third-order valence-electron chi connectivity index (χ3n) is 3.48. The van der Waals surface area contributed by atoms with E-state index in [1.165, 1.54) is 12.1 Å². The molecular formula is C14H18FNO2. The average Bonchev–Trinajstić information content (AvgIpc) is 2.28. The number of nitrogens with zero attached hydrogens (tertiary/aromatic N) is 1. The zero-order chi connectivity index (χ0) is 13.3. The molecule has 1 aromatic carbocycles. The van der Waals surface area contributed by atoms with E-state index in [2.05, 4.69) is 0 Å². The van der Waals surface area contributed by atoms with E-state index in [9.17, 15) is 14.3 Å². The first-order valence-corrected chi connectivity index (χ1v) is 6.17. The Morgan fingerprint density at radius 3 is 2.56 bits per heavy atom. The number of rotatable bonds is 1. The van der Waals surface area contributed by atoms with Gasteiger partial charge in [-0.1, -0.05) is 6.07 Å². The number of aliphatic hydroxyl groups is 1. The lowest BCUT2D eigenvalue weighted by Crippen LogP contribution is -2.45. The summed E-state index contributed by atoms with van der Waals surface area (Å²) in [4.78, 5) is 13.8. The molecule has 1 aliphatic heterocycles. The monoisotopic (exact) mass is 251 g/mol. The van der Waals surface area contributed by atoms with Gasteiger partial charge in [-0.2, -0.15) is 0 Å². The van der Waals surface area contributed by atoms with Gasteiger partial charge in [-0.25, -0.2) is 4.39 Å². The highest BCUT2D eigenvalue weighted by Gasteiger charge is 2.30. The van der Waals surface area contributed by atoms with Crippen molar-refractivity contribution in [1.29, 1.82) is 0 Å². The second-order valence-electron chi connectivity index (χ2n) is 5.27. The maximum atomic E-state index is 13.7. The first-order valence-electron chi connectivity index (χ1n) is 6.17. The van der Waals surface area contributed by atoms with Crippen molar-refractivity contribution < 1.29 is 14.3 Å². The Morgan fingerprint density at radius 1 is 1.39 bits per heavy atom. The standard InChI is InChI=1S/C14H18FNO2/c1-10-3-4-11(12(15)9-10)13(17)16-7-5-14(2,18)6-8-16/h3-4,9,18H,5-8H2,1-2H3. The van der Waals surface area contributed by atoms with Gasteiger partial charge in [0, 0.05) is 13.1 Å². The number of halogens is 1. The molecule has 0 spiro atoms. The summed E-state index contributed by atoms with van der Waals surface area (Å²) in [7, 11) is 0. The van der Waals surface area contributed by atoms with E-state index in [1.807, 2.05) is 0 Å². The van der Waals surface area contributed by atoms with E-state index in [0.717, 1.165) is 5.56 Å². The van der Waals surface area contributed by atoms with E-state index in [1.54, 1.807) is 24.8 Å². The number of amides is 1. The van der Waals surface area contributed by atoms with Crippen molar-refractivity contribution in [2.75, 3.05) is 13.1 Å². The van der Waals surface area contributed by atoms with Crippen molar-refractivity contribution in [1.82, 2.24) is 4.90 Å². The van der Waals surface area contributed by atoms with Crippen LogP contribution in [-0.2, 0) is 0 Å². The molecule has 0 aliphatic carbocycles. The molecule has 18 heavy (non-hydrogen) atoms. The zero-order valence-electron chi connectivity index (χ0n) is 10.7. The lowest BCUT2D eigenvalue weighted by molar-refractivity contribution is -0.00213. The largest absolute Gasteiger partial charge is 0.390 e. The van der Waals surface area contributed by atoms with Crippen LogP contribution < -0.4 is 0 Å². The minimum atomic E-state index is -0.706. The topological polar surface area (TPSA) is 40.5 Å². The summed E-state index contributed by atoms with van der Waals surface area (Å²) in [6.45, 7) is 4.50. The molecule has 0 saturated carbocycles. The summed E-state index contributed by atoms with van der Waals surface area (Å²) < 4.78 is 13.7. The summed E-state index contributed by atoms with van der Waals surface area (Å²) >= 11 is 0. The van der Waals surface area contributed by atoms with Crippen LogP contribution in [0.1, 0.15) is 35.7 Å². The van der Waals surface area contributed by atoms with Crippen LogP contribution in [0.4, 0.5) is 4.39 Å². The smallest absolute Gasteiger partial charge is 0.256 e. The van der Waals surface area contributed by atoms with Crippen LogP contribution >= 0.6 is 0 Å². The maximum absolute atomic E-state index is 13.7. The highest BCUT2D eigenvalue weighted by Crippen LogP contribution is 2.23. The first kappa shape index (κ1) is 13.0. The molecule has 1 N–H and O–H groups in total. The number of benzene rings is 1. The van der Waals surface area contributed by atoms with Crippen LogP contribution in [0.25, 0.3) is 0 Å². The molecule has 1 heterocycles. The van der Waals surface area contributed by atoms with E-state index in [-0.39, 0.29) is 11.5 Å². The second kappa shape index (κ2) is 4.69. The first-order chi connectivity index (χ1) is 8.39. The van der Waals surface area contributed by atoms with Crippen LogP contribution in [0.15, 0.2) is 18.2 Å². The molecule has 98 valence electrons. The lowest BCUT2D eigenvalue weighted by Gasteiger charge is -2.35. The third kappa shape index (κ3) is 2.70. The SMILES string of the molecule is Cc1ccc(C(=O)N2CCC(C)(O)CC2)c(F)c1. The van der Waals surface area contributed by atoms with Crippen LogP contribution in [-0.4, -0.2) is 34.6 Å². The third-order valence-corrected chi connectivity index (χ3v) is 3.48. The van der Waals surface area contributed by atoms with Gasteiger partial charge in [-0.05, 0) is 44.4 Å². The number of hydrogen-bond donors (Lipinski definition) is 1. The van der Waals surface area contributed by atoms with Gasteiger partial charge in [-0.3, -0.25) is 4.79 Å². The summed E-state index contributed by atoms with van der Waals surface area (Å²) in [5.74, 6) is -0.764. The fraction of sp³-hybridized carbons (Fsp3) is 0.500. The predicted molar refractivity (Wildman–Crippen MR) is 66.9 cm³/mol. The normalized spacial score (nSPS) is 18.8. The fourth-order valence-electron chi connectivity index (χ4n) is 2.16. The Morgan fingerprint density at radius 2 is 2.00 bits per heavy atom. The molecule has 0 bridgehead atoms. The van der Waals surface area contributed by atoms with Crippen molar-refractivity contribution >= 4 is 5.91 Å². The Balaban J connectivity index is 2.13. The minimum absolute atomic E-state index is 0.113. The average molecular weight is 251 g/mol. The highest BCUT2D eigenvalue weighted by molar-refractivity contribution is 5.94. The van der Waals surface area contributed by atoms with Crippen molar-refractivity contribution in [3.8, 4) is 0 Å². The van der Waals surface area contributed by atoms with Gasteiger partial charge >= 0.3 is 0 Å². The minimum Gasteiger partial charge on any atom is -0.390 e. The molecule has 0 aromatic heterocycles. The second-order valence-corrected chi connectivity index (χ2v) is 5.27. The molecule has 1 fully saturated rings. The number of aryl methyl sites for hydroxylation is 1. The van der Waals surface area contributed by atoms with Crippen LogP contribution in [0, 0.1) is 12.7 Å². The van der Waals surface area contributed by atoms with Crippen LogP contribution in [0.2, 0.25) is 0 Å². The van der Waals surface area contributed by atoms with E-state index < -0.39 is 11.4 Å². The molecule has 1 saturated heterocycles. The Labute approximate surface area is 106 Å². The van der Waals surface area contributed by atoms with Crippen molar-refractivity contribution in [2.45, 2.75) is 32.3 Å². The lowest BCUT2D eigenvalue weighted by atomic mass is 9.93. The summed E-state index contributed by atoms with van der Waals surface area (Å²) in [6.07, 6.45) is 1.07. The molecule has 4 heteroatoms. The van der Waals surface area contributed by atoms with Gasteiger partial charge in [0.2, 0.25) is 0 Å². The van der Waals surface area contributed by atoms with Crippen molar-refractivity contribution in [2.24, 2.45) is 0 Å². The van der Waals surface area contributed by atoms with Crippen molar-refractivity contribution in [3.05, 3.63) is 35.1 Å². The predicted octanol–water partition coefficient (Wildman–Crippen LogP) is 2.12. The maximum Gasteiger partial charge on any atom is 0.256 e. The van der Waals surface area contributed by atoms with E-state index in [4.69, 9.17) is 0 Å². The quantitative estimate of drug-likeness (QED) is 0.830. The fourth-order valence-corrected chi connectivity index (χ4v) is 2.16. The van der Waals surface area contributed by atoms with Crippen molar-refractivity contribution in [3.63, 3.8) is 0 Å². The highest BCUT2D eigenvalue weighted by atomic mass is 19.1. The molecule has 3 nitrogen and oxygen atoms in total. The molecule has 0 atom stereocenters. The Kier molecular flexibility index (Phi) is 3.39. The molecule has 1 aromatic rings. The summed E-state index contributed by atoms with van der Waals surface area (Å²) in [6, 6.07) is 4.63. The molecule has 0 radical (unpaired) electrons. The number of piperidine rings is 1. The molecule has 0 unspecified atom stereocenters.